The van der Waals surface area contributed by atoms with Gasteiger partial charge in [-0.3, -0.25) is 0 Å². The number of hydrogen-bond acceptors (Lipinski definition) is 1. The Kier molecular flexibility index (Phi) is 2.83. The molecule has 0 atom stereocenters. The van der Waals surface area contributed by atoms with Gasteiger partial charge in [0.2, 0.25) is 0 Å². The molecule has 0 aromatic heterocycles. The Hall–Kier alpha value is -0.820. The van der Waals surface area contributed by atoms with E-state index in [0.29, 0.717) is 10.8 Å². The molecule has 1 saturated carbocycles. The standard InChI is InChI=1S/C15H23N/c1-14(2,3)10-12-5-4-6-13(9-12)15(11-16)7-8-15/h4-6,9H,7-8,10-11,16H2,1-3H3. The van der Waals surface area contributed by atoms with Gasteiger partial charge in [0.25, 0.3) is 0 Å². The first-order chi connectivity index (χ1) is 7.45. The molecule has 88 valence electrons. The third-order valence-electron chi connectivity index (χ3n) is 3.52. The molecule has 0 radical (unpaired) electrons. The molecule has 0 heterocycles. The minimum atomic E-state index is 0.327. The first-order valence-electron chi connectivity index (χ1n) is 6.25. The molecular formula is C15H23N. The van der Waals surface area contributed by atoms with Crippen molar-refractivity contribution in [3.63, 3.8) is 0 Å². The van der Waals surface area contributed by atoms with Gasteiger partial charge in [-0.15, -0.1) is 0 Å². The summed E-state index contributed by atoms with van der Waals surface area (Å²) in [6.07, 6.45) is 3.67. The van der Waals surface area contributed by atoms with Gasteiger partial charge in [-0.2, -0.15) is 0 Å². The lowest BCUT2D eigenvalue weighted by Gasteiger charge is -2.20. The molecular weight excluding hydrogens is 194 g/mol. The molecule has 2 N–H and O–H groups in total. The Bertz CT molecular complexity index is 369. The zero-order valence-corrected chi connectivity index (χ0v) is 10.7. The maximum atomic E-state index is 5.88. The fourth-order valence-corrected chi connectivity index (χ4v) is 2.39. The minimum absolute atomic E-state index is 0.327. The summed E-state index contributed by atoms with van der Waals surface area (Å²) in [6.45, 7) is 7.66. The van der Waals surface area contributed by atoms with Crippen LogP contribution >= 0.6 is 0 Å². The van der Waals surface area contributed by atoms with Crippen LogP contribution in [0.1, 0.15) is 44.7 Å². The van der Waals surface area contributed by atoms with Crippen molar-refractivity contribution in [2.75, 3.05) is 6.54 Å². The van der Waals surface area contributed by atoms with Crippen LogP contribution in [0.3, 0.4) is 0 Å². The summed E-state index contributed by atoms with van der Waals surface area (Å²) in [7, 11) is 0. The molecule has 0 unspecified atom stereocenters. The van der Waals surface area contributed by atoms with Crippen molar-refractivity contribution in [2.24, 2.45) is 11.1 Å². The van der Waals surface area contributed by atoms with Crippen LogP contribution in [-0.4, -0.2) is 6.54 Å². The monoisotopic (exact) mass is 217 g/mol. The van der Waals surface area contributed by atoms with E-state index in [1.807, 2.05) is 0 Å². The van der Waals surface area contributed by atoms with Gasteiger partial charge in [0.15, 0.2) is 0 Å². The summed E-state index contributed by atoms with van der Waals surface area (Å²) in [4.78, 5) is 0. The van der Waals surface area contributed by atoms with Gasteiger partial charge in [-0.1, -0.05) is 45.0 Å². The van der Waals surface area contributed by atoms with E-state index in [1.165, 1.54) is 24.0 Å². The highest BCUT2D eigenvalue weighted by Gasteiger charge is 2.42. The summed E-state index contributed by atoms with van der Waals surface area (Å²) in [5.41, 5.74) is 9.47. The van der Waals surface area contributed by atoms with E-state index in [-0.39, 0.29) is 0 Å². The SMILES string of the molecule is CC(C)(C)Cc1cccc(C2(CN)CC2)c1. The Morgan fingerprint density at radius 1 is 1.25 bits per heavy atom. The van der Waals surface area contributed by atoms with Crippen molar-refractivity contribution >= 4 is 0 Å². The van der Waals surface area contributed by atoms with Gasteiger partial charge in [0.05, 0.1) is 0 Å². The zero-order chi connectivity index (χ0) is 11.8. The van der Waals surface area contributed by atoms with Crippen molar-refractivity contribution < 1.29 is 0 Å². The second kappa shape index (κ2) is 3.89. The molecule has 1 aromatic carbocycles. The summed E-state index contributed by atoms with van der Waals surface area (Å²) < 4.78 is 0. The van der Waals surface area contributed by atoms with Crippen molar-refractivity contribution in [3.05, 3.63) is 35.4 Å². The van der Waals surface area contributed by atoms with Crippen LogP contribution in [0, 0.1) is 5.41 Å². The average molecular weight is 217 g/mol. The molecule has 16 heavy (non-hydrogen) atoms. The maximum absolute atomic E-state index is 5.88. The molecule has 1 aromatic rings. The summed E-state index contributed by atoms with van der Waals surface area (Å²) in [6, 6.07) is 9.03. The van der Waals surface area contributed by atoms with E-state index in [0.717, 1.165) is 13.0 Å². The number of nitrogens with two attached hydrogens (primary N) is 1. The van der Waals surface area contributed by atoms with Crippen LogP contribution in [0.2, 0.25) is 0 Å². The van der Waals surface area contributed by atoms with E-state index in [4.69, 9.17) is 5.73 Å². The Labute approximate surface area is 99.0 Å². The van der Waals surface area contributed by atoms with Gasteiger partial charge in [0, 0.05) is 12.0 Å². The highest BCUT2D eigenvalue weighted by atomic mass is 14.7. The molecule has 0 bridgehead atoms. The van der Waals surface area contributed by atoms with E-state index < -0.39 is 0 Å². The molecule has 1 heteroatoms. The van der Waals surface area contributed by atoms with Crippen molar-refractivity contribution in [1.29, 1.82) is 0 Å². The summed E-state index contributed by atoms with van der Waals surface area (Å²) >= 11 is 0. The second-order valence-electron chi connectivity index (χ2n) is 6.42. The van der Waals surface area contributed by atoms with Crippen LogP contribution in [0.4, 0.5) is 0 Å². The maximum Gasteiger partial charge on any atom is 0.00763 e. The smallest absolute Gasteiger partial charge is 0.00763 e. The molecule has 1 fully saturated rings. The third kappa shape index (κ3) is 2.46. The molecule has 0 saturated heterocycles. The van der Waals surface area contributed by atoms with Crippen molar-refractivity contribution in [3.8, 4) is 0 Å². The van der Waals surface area contributed by atoms with E-state index >= 15 is 0 Å². The summed E-state index contributed by atoms with van der Waals surface area (Å²) in [5.74, 6) is 0. The lowest BCUT2D eigenvalue weighted by Crippen LogP contribution is -2.20. The van der Waals surface area contributed by atoms with Gasteiger partial charge in [-0.25, -0.2) is 0 Å². The molecule has 1 nitrogen and oxygen atoms in total. The molecule has 0 aliphatic heterocycles. The topological polar surface area (TPSA) is 26.0 Å². The molecule has 0 amide bonds. The fraction of sp³-hybridized carbons (Fsp3) is 0.600. The fourth-order valence-electron chi connectivity index (χ4n) is 2.39. The van der Waals surface area contributed by atoms with Gasteiger partial charge < -0.3 is 5.73 Å². The molecule has 1 aliphatic rings. The second-order valence-corrected chi connectivity index (χ2v) is 6.42. The molecule has 2 rings (SSSR count). The highest BCUT2D eigenvalue weighted by Crippen LogP contribution is 2.47. The van der Waals surface area contributed by atoms with Gasteiger partial charge in [-0.05, 0) is 35.8 Å². The Morgan fingerprint density at radius 2 is 1.94 bits per heavy atom. The van der Waals surface area contributed by atoms with Crippen molar-refractivity contribution in [2.45, 2.75) is 45.4 Å². The predicted molar refractivity (Wildman–Crippen MR) is 69.6 cm³/mol. The summed E-state index contributed by atoms with van der Waals surface area (Å²) in [5, 5.41) is 0. The molecule has 1 aliphatic carbocycles. The van der Waals surface area contributed by atoms with Crippen LogP contribution < -0.4 is 5.73 Å². The van der Waals surface area contributed by atoms with Crippen molar-refractivity contribution in [1.82, 2.24) is 0 Å². The van der Waals surface area contributed by atoms with E-state index in [9.17, 15) is 0 Å². The average Bonchev–Trinajstić information content (AvgIpc) is 2.96. The number of benzene rings is 1. The number of rotatable bonds is 3. The quantitative estimate of drug-likeness (QED) is 0.826. The first-order valence-corrected chi connectivity index (χ1v) is 6.25. The normalized spacial score (nSPS) is 18.5. The van der Waals surface area contributed by atoms with E-state index in [1.54, 1.807) is 0 Å². The third-order valence-corrected chi connectivity index (χ3v) is 3.52. The Balaban J connectivity index is 2.20. The lowest BCUT2D eigenvalue weighted by molar-refractivity contribution is 0.411. The number of hydrogen-bond donors (Lipinski definition) is 1. The van der Waals surface area contributed by atoms with Crippen LogP contribution in [-0.2, 0) is 11.8 Å². The predicted octanol–water partition coefficient (Wildman–Crippen LogP) is 3.27. The highest BCUT2D eigenvalue weighted by molar-refractivity contribution is 5.35. The molecule has 0 spiro atoms. The largest absolute Gasteiger partial charge is 0.330 e. The van der Waals surface area contributed by atoms with Gasteiger partial charge >= 0.3 is 0 Å². The Morgan fingerprint density at radius 3 is 2.44 bits per heavy atom. The van der Waals surface area contributed by atoms with E-state index in [2.05, 4.69) is 45.0 Å². The van der Waals surface area contributed by atoms with Crippen LogP contribution in [0.5, 0.6) is 0 Å². The first kappa shape index (κ1) is 11.7. The minimum Gasteiger partial charge on any atom is -0.330 e. The van der Waals surface area contributed by atoms with Crippen LogP contribution in [0.15, 0.2) is 24.3 Å². The van der Waals surface area contributed by atoms with Crippen LogP contribution in [0.25, 0.3) is 0 Å². The zero-order valence-electron chi connectivity index (χ0n) is 10.7. The van der Waals surface area contributed by atoms with Gasteiger partial charge in [0.1, 0.15) is 0 Å². The lowest BCUT2D eigenvalue weighted by atomic mass is 9.86.